The van der Waals surface area contributed by atoms with Crippen LogP contribution in [0.4, 0.5) is 0 Å². The van der Waals surface area contributed by atoms with Crippen LogP contribution in [0.1, 0.15) is 52.9 Å². The quantitative estimate of drug-likeness (QED) is 0.479. The van der Waals surface area contributed by atoms with Gasteiger partial charge < -0.3 is 29.7 Å². The van der Waals surface area contributed by atoms with Crippen molar-refractivity contribution in [3.63, 3.8) is 0 Å². The summed E-state index contributed by atoms with van der Waals surface area (Å²) >= 11 is 0. The monoisotopic (exact) mass is 613 g/mol. The number of amides is 2. The van der Waals surface area contributed by atoms with Crippen molar-refractivity contribution in [1.29, 1.82) is 0 Å². The van der Waals surface area contributed by atoms with Crippen LogP contribution >= 0.6 is 0 Å². The van der Waals surface area contributed by atoms with E-state index in [1.54, 1.807) is 26.2 Å². The van der Waals surface area contributed by atoms with Crippen LogP contribution in [0.25, 0.3) is 21.8 Å². The minimum Gasteiger partial charge on any atom is -0.645 e. The van der Waals surface area contributed by atoms with Crippen molar-refractivity contribution in [3.8, 4) is 11.1 Å². The number of fused-ring (bicyclic) bond motifs is 2. The first kappa shape index (κ1) is 33.1. The summed E-state index contributed by atoms with van der Waals surface area (Å²) < 4.78 is 11.7. The smallest absolute Gasteiger partial charge is 0.645 e. The van der Waals surface area contributed by atoms with Crippen molar-refractivity contribution in [2.24, 2.45) is 0 Å². The van der Waals surface area contributed by atoms with Crippen molar-refractivity contribution < 1.29 is 36.1 Å². The summed E-state index contributed by atoms with van der Waals surface area (Å²) in [7, 11) is 3.07. The van der Waals surface area contributed by atoms with Crippen molar-refractivity contribution >= 4 is 11.8 Å². The standard InChI is InChI=1S/C30H44N6O4.Cu/c1-27(2)17-35-15-23-13-22(21-9-11-31-12-10-21)14-24(32-23)16-36(20-29(5,39-7)25(37)33-27)18-28(3,4)34-26(38)30(6,19-35)40-8;/h9-14H,15-20H2,1-8H3,(H2,33,34,37,38);/q;+2/p-2/t29-,30+;. The van der Waals surface area contributed by atoms with Gasteiger partial charge in [0.15, 0.2) is 0 Å². The minimum atomic E-state index is -1.20. The predicted molar refractivity (Wildman–Crippen MR) is 154 cm³/mol. The summed E-state index contributed by atoms with van der Waals surface area (Å²) in [5.41, 5.74) is -0.205. The van der Waals surface area contributed by atoms with Crippen molar-refractivity contribution in [3.05, 3.63) is 58.7 Å². The molecule has 0 aromatic carbocycles. The van der Waals surface area contributed by atoms with Gasteiger partial charge in [-0.05, 0) is 62.3 Å². The normalized spacial score (nSPS) is 30.0. The first-order valence-electron chi connectivity index (χ1n) is 13.7. The van der Waals surface area contributed by atoms with Gasteiger partial charge in [-0.25, -0.2) is 0 Å². The average molecular weight is 614 g/mol. The molecule has 2 aliphatic rings. The van der Waals surface area contributed by atoms with E-state index in [0.29, 0.717) is 26.2 Å². The van der Waals surface area contributed by atoms with Gasteiger partial charge in [-0.15, -0.1) is 0 Å². The van der Waals surface area contributed by atoms with Crippen LogP contribution in [-0.4, -0.2) is 94.3 Å². The number of pyridine rings is 2. The maximum atomic E-state index is 13.7. The maximum absolute atomic E-state index is 13.7. The molecule has 2 aromatic rings. The van der Waals surface area contributed by atoms with E-state index in [9.17, 15) is 9.59 Å². The van der Waals surface area contributed by atoms with Crippen LogP contribution in [0.2, 0.25) is 0 Å². The molecule has 0 fully saturated rings. The Balaban J connectivity index is 0.00000462. The summed E-state index contributed by atoms with van der Waals surface area (Å²) in [6, 6.07) is 8.10. The Morgan fingerprint density at radius 2 is 1.12 bits per heavy atom. The molecule has 4 atom stereocenters. The summed E-state index contributed by atoms with van der Waals surface area (Å²) in [4.78, 5) is 40.8. The zero-order valence-corrected chi connectivity index (χ0v) is 26.3. The van der Waals surface area contributed by atoms with E-state index in [2.05, 4.69) is 37.6 Å². The number of hydrogen-bond donors (Lipinski definition) is 0. The van der Waals surface area contributed by atoms with Gasteiger partial charge in [0.05, 0.1) is 23.2 Å². The van der Waals surface area contributed by atoms with Crippen LogP contribution in [0, 0.1) is 0 Å². The second-order valence-electron chi connectivity index (χ2n) is 12.7. The summed E-state index contributed by atoms with van der Waals surface area (Å²) in [6.45, 7) is 13.3. The molecule has 41 heavy (non-hydrogen) atoms. The van der Waals surface area contributed by atoms with E-state index in [1.807, 2.05) is 39.8 Å². The molecule has 227 valence electrons. The number of aromatic nitrogens is 2. The molecule has 1 radical (unpaired) electrons. The van der Waals surface area contributed by atoms with E-state index < -0.39 is 22.3 Å². The largest absolute Gasteiger partial charge is 2.00 e. The van der Waals surface area contributed by atoms with Crippen molar-refractivity contribution in [2.75, 3.05) is 40.4 Å². The Kier molecular flexibility index (Phi) is 10.1. The van der Waals surface area contributed by atoms with Crippen molar-refractivity contribution in [1.82, 2.24) is 19.8 Å². The second kappa shape index (κ2) is 12.5. The molecule has 2 unspecified atom stereocenters. The van der Waals surface area contributed by atoms with Gasteiger partial charge >= 0.3 is 17.1 Å². The van der Waals surface area contributed by atoms with Crippen LogP contribution < -0.4 is 0 Å². The van der Waals surface area contributed by atoms with Gasteiger partial charge in [-0.3, -0.25) is 19.8 Å². The molecule has 0 saturated heterocycles. The van der Waals surface area contributed by atoms with Crippen LogP contribution in [0.3, 0.4) is 0 Å². The number of carbonyl (C=O) groups excluding carboxylic acids is 2. The molecule has 11 heteroatoms. The molecule has 4 bridgehead atoms. The first-order valence-corrected chi connectivity index (χ1v) is 13.7. The molecule has 0 N–H and O–H groups in total. The molecular weight excluding hydrogens is 572 g/mol. The molecule has 2 amide bonds. The Bertz CT molecular complexity index is 1170. The molecule has 0 aliphatic carbocycles. The van der Waals surface area contributed by atoms with E-state index in [4.69, 9.17) is 14.5 Å². The summed E-state index contributed by atoms with van der Waals surface area (Å²) in [5.74, 6) is -0.641. The predicted octanol–water partition coefficient (Wildman–Crippen LogP) is 3.94. The Hall–Kier alpha value is -2.40. The Morgan fingerprint density at radius 1 is 0.707 bits per heavy atom. The minimum absolute atomic E-state index is 0. The molecule has 10 nitrogen and oxygen atoms in total. The van der Waals surface area contributed by atoms with Crippen LogP contribution in [-0.2, 0) is 49.2 Å². The number of rotatable bonds is 3. The third kappa shape index (κ3) is 7.91. The van der Waals surface area contributed by atoms with Gasteiger partial charge in [0, 0.05) is 52.8 Å². The molecule has 2 aliphatic heterocycles. The molecule has 0 saturated carbocycles. The molecular formula is C30H42CuN6O4. The van der Waals surface area contributed by atoms with E-state index >= 15 is 0 Å². The van der Waals surface area contributed by atoms with E-state index in [-0.39, 0.29) is 42.0 Å². The molecule has 0 spiro atoms. The second-order valence-corrected chi connectivity index (χ2v) is 12.7. The van der Waals surface area contributed by atoms with Crippen LogP contribution in [0.15, 0.2) is 36.7 Å². The number of carbonyl (C=O) groups is 2. The SMILES string of the molecule is CO[C@]1(C)CN2Cc3cc(-c4ccncc4)cc(n3)CN(CC(C)(C)[N-]C1=O)C[C@](C)(OC)C(=O)[N-]C(C)(C)C2.[Cu+2]. The zero-order valence-electron chi connectivity index (χ0n) is 25.3. The van der Waals surface area contributed by atoms with Crippen molar-refractivity contribution in [2.45, 2.75) is 76.9 Å². The number of hydrogen-bond acceptors (Lipinski definition) is 8. The molecule has 4 heterocycles. The molecule has 2 aromatic heterocycles. The average Bonchev–Trinajstić information content (AvgIpc) is 2.87. The topological polar surface area (TPSA) is 113 Å². The zero-order chi connectivity index (χ0) is 29.3. The first-order chi connectivity index (χ1) is 18.7. The fraction of sp³-hybridized carbons (Fsp3) is 0.600. The number of nitrogens with zero attached hydrogens (tertiary/aromatic N) is 6. The maximum Gasteiger partial charge on any atom is 2.00 e. The number of methoxy groups -OCH3 is 2. The number of ether oxygens (including phenoxy) is 2. The van der Waals surface area contributed by atoms with Gasteiger partial charge in [0.1, 0.15) is 11.2 Å². The molecule has 4 rings (SSSR count). The Morgan fingerprint density at radius 3 is 1.51 bits per heavy atom. The third-order valence-corrected chi connectivity index (χ3v) is 7.60. The van der Waals surface area contributed by atoms with Gasteiger partial charge in [-0.2, -0.15) is 0 Å². The van der Waals surface area contributed by atoms with E-state index in [0.717, 1.165) is 22.5 Å². The van der Waals surface area contributed by atoms with E-state index in [1.165, 1.54) is 14.2 Å². The van der Waals surface area contributed by atoms with Gasteiger partial charge in [0.2, 0.25) is 0 Å². The van der Waals surface area contributed by atoms with Gasteiger partial charge in [0.25, 0.3) is 0 Å². The van der Waals surface area contributed by atoms with Crippen LogP contribution in [0.5, 0.6) is 0 Å². The summed E-state index contributed by atoms with van der Waals surface area (Å²) in [5, 5.41) is 9.32. The third-order valence-electron chi connectivity index (χ3n) is 7.60. The fourth-order valence-electron chi connectivity index (χ4n) is 5.56. The van der Waals surface area contributed by atoms with Gasteiger partial charge in [-0.1, -0.05) is 38.8 Å². The summed E-state index contributed by atoms with van der Waals surface area (Å²) in [6.07, 6.45) is 3.55. The Labute approximate surface area is 254 Å². The fourth-order valence-corrected chi connectivity index (χ4v) is 5.56.